The van der Waals surface area contributed by atoms with Gasteiger partial charge in [0.2, 0.25) is 10.0 Å². The van der Waals surface area contributed by atoms with Crippen LogP contribution in [0, 0.1) is 6.92 Å². The van der Waals surface area contributed by atoms with E-state index in [2.05, 4.69) is 4.72 Å². The predicted octanol–water partition coefficient (Wildman–Crippen LogP) is 0.769. The van der Waals surface area contributed by atoms with Crippen molar-refractivity contribution in [2.45, 2.75) is 31.8 Å². The summed E-state index contributed by atoms with van der Waals surface area (Å²) in [5, 5.41) is 8.81. The molecule has 86 valence electrons. The maximum atomic E-state index is 11.7. The number of hydrogen-bond acceptors (Lipinski definition) is 4. The van der Waals surface area contributed by atoms with E-state index in [0.29, 0.717) is 12.3 Å². The smallest absolute Gasteiger partial charge is 0.244 e. The Balaban J connectivity index is 2.99. The molecule has 0 bridgehead atoms. The van der Waals surface area contributed by atoms with Gasteiger partial charge in [0, 0.05) is 12.6 Å². The lowest BCUT2D eigenvalue weighted by molar-refractivity contribution is 0.244. The summed E-state index contributed by atoms with van der Waals surface area (Å²) in [6.45, 7) is 3.52. The van der Waals surface area contributed by atoms with Crippen LogP contribution in [0.3, 0.4) is 0 Å². The van der Waals surface area contributed by atoms with E-state index in [1.807, 2.05) is 6.92 Å². The maximum absolute atomic E-state index is 11.7. The summed E-state index contributed by atoms with van der Waals surface area (Å²) < 4.78 is 30.9. The molecule has 5 nitrogen and oxygen atoms in total. The Morgan fingerprint density at radius 1 is 1.53 bits per heavy atom. The molecular formula is C9H15NO4S. The highest BCUT2D eigenvalue weighted by Gasteiger charge is 2.20. The second kappa shape index (κ2) is 4.78. The molecule has 1 rings (SSSR count). The highest BCUT2D eigenvalue weighted by molar-refractivity contribution is 7.89. The van der Waals surface area contributed by atoms with Crippen LogP contribution in [0.1, 0.15) is 24.9 Å². The number of nitrogens with one attached hydrogen (secondary N) is 1. The Morgan fingerprint density at radius 3 is 2.67 bits per heavy atom. The van der Waals surface area contributed by atoms with Gasteiger partial charge in [0.15, 0.2) is 0 Å². The van der Waals surface area contributed by atoms with Crippen LogP contribution >= 0.6 is 0 Å². The maximum Gasteiger partial charge on any atom is 0.244 e. The van der Waals surface area contributed by atoms with E-state index in [1.165, 1.54) is 6.07 Å². The normalized spacial score (nSPS) is 11.9. The van der Waals surface area contributed by atoms with Crippen molar-refractivity contribution >= 4 is 10.0 Å². The molecule has 1 heterocycles. The lowest BCUT2D eigenvalue weighted by Gasteiger charge is -2.02. The lowest BCUT2D eigenvalue weighted by atomic mass is 10.4. The van der Waals surface area contributed by atoms with E-state index in [0.717, 1.165) is 6.42 Å². The third-order valence-corrected chi connectivity index (χ3v) is 3.48. The first-order chi connectivity index (χ1) is 7.01. The van der Waals surface area contributed by atoms with Gasteiger partial charge in [-0.15, -0.1) is 0 Å². The minimum Gasteiger partial charge on any atom is -0.462 e. The molecule has 0 saturated heterocycles. The number of hydrogen-bond donors (Lipinski definition) is 2. The van der Waals surface area contributed by atoms with Gasteiger partial charge in [0.05, 0.1) is 0 Å². The first kappa shape index (κ1) is 12.2. The van der Waals surface area contributed by atoms with Gasteiger partial charge in [-0.3, -0.25) is 0 Å². The van der Waals surface area contributed by atoms with Gasteiger partial charge in [-0.05, 0) is 13.3 Å². The molecule has 1 aromatic heterocycles. The molecule has 2 N–H and O–H groups in total. The summed E-state index contributed by atoms with van der Waals surface area (Å²) in [5.41, 5.74) is 0. The Kier molecular flexibility index (Phi) is 3.90. The molecule has 0 spiro atoms. The van der Waals surface area contributed by atoms with Gasteiger partial charge < -0.3 is 9.52 Å². The Labute approximate surface area is 89.2 Å². The zero-order valence-electron chi connectivity index (χ0n) is 8.78. The van der Waals surface area contributed by atoms with Crippen molar-refractivity contribution in [1.29, 1.82) is 0 Å². The second-order valence-electron chi connectivity index (χ2n) is 3.19. The standard InChI is InChI=1S/C9H15NO4S/c1-3-4-10-15(12,13)9-5-8(6-11)14-7(9)2/h5,10-11H,3-4,6H2,1-2H3. The van der Waals surface area contributed by atoms with Gasteiger partial charge in [-0.1, -0.05) is 6.92 Å². The quantitative estimate of drug-likeness (QED) is 0.787. The van der Waals surface area contributed by atoms with E-state index >= 15 is 0 Å². The Morgan fingerprint density at radius 2 is 2.20 bits per heavy atom. The summed E-state index contributed by atoms with van der Waals surface area (Å²) in [4.78, 5) is 0.0972. The molecule has 0 atom stereocenters. The average molecular weight is 233 g/mol. The van der Waals surface area contributed by atoms with Crippen LogP contribution in [-0.4, -0.2) is 20.1 Å². The van der Waals surface area contributed by atoms with Crippen molar-refractivity contribution in [2.75, 3.05) is 6.54 Å². The van der Waals surface area contributed by atoms with Crippen LogP contribution in [0.4, 0.5) is 0 Å². The van der Waals surface area contributed by atoms with Gasteiger partial charge >= 0.3 is 0 Å². The third-order valence-electron chi connectivity index (χ3n) is 1.91. The topological polar surface area (TPSA) is 79.5 Å². The number of rotatable bonds is 5. The molecule has 0 amide bonds. The van der Waals surface area contributed by atoms with E-state index < -0.39 is 10.0 Å². The molecule has 0 aromatic carbocycles. The zero-order chi connectivity index (χ0) is 11.5. The molecule has 0 radical (unpaired) electrons. The highest BCUT2D eigenvalue weighted by atomic mass is 32.2. The average Bonchev–Trinajstić information content (AvgIpc) is 2.57. The number of aliphatic hydroxyl groups is 1. The molecule has 0 saturated carbocycles. The van der Waals surface area contributed by atoms with E-state index in [-0.39, 0.29) is 17.3 Å². The first-order valence-electron chi connectivity index (χ1n) is 4.71. The number of furan rings is 1. The van der Waals surface area contributed by atoms with Crippen LogP contribution in [-0.2, 0) is 16.6 Å². The monoisotopic (exact) mass is 233 g/mol. The molecule has 0 aliphatic heterocycles. The fourth-order valence-electron chi connectivity index (χ4n) is 1.18. The number of aryl methyl sites for hydroxylation is 1. The van der Waals surface area contributed by atoms with Crippen molar-refractivity contribution in [3.63, 3.8) is 0 Å². The molecule has 6 heteroatoms. The van der Waals surface area contributed by atoms with Gasteiger partial charge in [-0.2, -0.15) is 0 Å². The fraction of sp³-hybridized carbons (Fsp3) is 0.556. The zero-order valence-corrected chi connectivity index (χ0v) is 9.60. The predicted molar refractivity (Wildman–Crippen MR) is 54.8 cm³/mol. The van der Waals surface area contributed by atoms with Crippen molar-refractivity contribution in [3.8, 4) is 0 Å². The summed E-state index contributed by atoms with van der Waals surface area (Å²) in [6, 6.07) is 1.34. The van der Waals surface area contributed by atoms with E-state index in [1.54, 1.807) is 6.92 Å². The Bertz CT molecular complexity index is 421. The van der Waals surface area contributed by atoms with E-state index in [9.17, 15) is 8.42 Å². The van der Waals surface area contributed by atoms with Gasteiger partial charge in [0.25, 0.3) is 0 Å². The molecular weight excluding hydrogens is 218 g/mol. The van der Waals surface area contributed by atoms with Crippen LogP contribution in [0.2, 0.25) is 0 Å². The highest BCUT2D eigenvalue weighted by Crippen LogP contribution is 2.19. The second-order valence-corrected chi connectivity index (χ2v) is 4.92. The van der Waals surface area contributed by atoms with Gasteiger partial charge in [0.1, 0.15) is 23.0 Å². The van der Waals surface area contributed by atoms with Crippen molar-refractivity contribution < 1.29 is 17.9 Å². The van der Waals surface area contributed by atoms with E-state index in [4.69, 9.17) is 9.52 Å². The minimum absolute atomic E-state index is 0.0972. The fourth-order valence-corrected chi connectivity index (χ4v) is 2.52. The molecule has 0 aliphatic carbocycles. The van der Waals surface area contributed by atoms with Crippen LogP contribution < -0.4 is 4.72 Å². The third kappa shape index (κ3) is 2.80. The molecule has 15 heavy (non-hydrogen) atoms. The number of sulfonamides is 1. The van der Waals surface area contributed by atoms with Crippen LogP contribution in [0.25, 0.3) is 0 Å². The number of aliphatic hydroxyl groups excluding tert-OH is 1. The lowest BCUT2D eigenvalue weighted by Crippen LogP contribution is -2.24. The summed E-state index contributed by atoms with van der Waals surface area (Å²) in [5.74, 6) is 0.548. The van der Waals surface area contributed by atoms with Crippen LogP contribution in [0.5, 0.6) is 0 Å². The first-order valence-corrected chi connectivity index (χ1v) is 6.19. The molecule has 0 aliphatic rings. The molecule has 1 aromatic rings. The molecule has 0 unspecified atom stereocenters. The van der Waals surface area contributed by atoms with Gasteiger partial charge in [-0.25, -0.2) is 13.1 Å². The molecule has 0 fully saturated rings. The van der Waals surface area contributed by atoms with Crippen LogP contribution in [0.15, 0.2) is 15.4 Å². The Hall–Kier alpha value is -0.850. The van der Waals surface area contributed by atoms with Crippen molar-refractivity contribution in [3.05, 3.63) is 17.6 Å². The minimum atomic E-state index is -3.50. The summed E-state index contributed by atoms with van der Waals surface area (Å²) in [6.07, 6.45) is 0.725. The SMILES string of the molecule is CCCNS(=O)(=O)c1cc(CO)oc1C. The van der Waals surface area contributed by atoms with Crippen molar-refractivity contribution in [2.24, 2.45) is 0 Å². The summed E-state index contributed by atoms with van der Waals surface area (Å²) in [7, 11) is -3.50. The largest absolute Gasteiger partial charge is 0.462 e. The van der Waals surface area contributed by atoms with Crippen molar-refractivity contribution in [1.82, 2.24) is 4.72 Å². The summed E-state index contributed by atoms with van der Waals surface area (Å²) >= 11 is 0.